The lowest BCUT2D eigenvalue weighted by Crippen LogP contribution is -2.38. The molecule has 118 valence electrons. The molecule has 2 atom stereocenters. The highest BCUT2D eigenvalue weighted by Crippen LogP contribution is 2.36. The van der Waals surface area contributed by atoms with E-state index in [0.29, 0.717) is 13.2 Å². The molecule has 21 heavy (non-hydrogen) atoms. The van der Waals surface area contributed by atoms with E-state index >= 15 is 0 Å². The lowest BCUT2D eigenvalue weighted by Gasteiger charge is -2.18. The minimum atomic E-state index is -3.77. The second-order valence-corrected chi connectivity index (χ2v) is 7.81. The van der Waals surface area contributed by atoms with Crippen LogP contribution in [0.15, 0.2) is 10.3 Å². The molecule has 1 aromatic rings. The lowest BCUT2D eigenvalue weighted by atomic mass is 10.0. The van der Waals surface area contributed by atoms with E-state index in [9.17, 15) is 18.5 Å². The number of nitrogens with zero attached hydrogens (tertiary/aromatic N) is 1. The topological polar surface area (TPSA) is 111 Å². The molecule has 0 aromatic carbocycles. The van der Waals surface area contributed by atoms with Crippen LogP contribution in [-0.4, -0.2) is 39.6 Å². The van der Waals surface area contributed by atoms with E-state index in [-0.39, 0.29) is 26.9 Å². The molecule has 0 amide bonds. The van der Waals surface area contributed by atoms with Gasteiger partial charge in [-0.05, 0) is 13.3 Å². The largest absolute Gasteiger partial charge is 0.381 e. The maximum absolute atomic E-state index is 12.3. The number of nitro groups is 1. The van der Waals surface area contributed by atoms with Crippen LogP contribution in [0.1, 0.15) is 13.3 Å². The highest BCUT2D eigenvalue weighted by atomic mass is 32.2. The van der Waals surface area contributed by atoms with Crippen molar-refractivity contribution in [1.82, 2.24) is 4.72 Å². The third-order valence-corrected chi connectivity index (χ3v) is 6.57. The Morgan fingerprint density at radius 2 is 2.29 bits per heavy atom. The van der Waals surface area contributed by atoms with E-state index in [1.165, 1.54) is 7.05 Å². The van der Waals surface area contributed by atoms with Crippen LogP contribution in [0.3, 0.4) is 0 Å². The maximum atomic E-state index is 12.3. The van der Waals surface area contributed by atoms with E-state index in [2.05, 4.69) is 10.0 Å². The van der Waals surface area contributed by atoms with Crippen molar-refractivity contribution in [3.8, 4) is 0 Å². The van der Waals surface area contributed by atoms with Gasteiger partial charge in [-0.25, -0.2) is 13.1 Å². The Balaban J connectivity index is 2.20. The second kappa shape index (κ2) is 6.26. The van der Waals surface area contributed by atoms with Gasteiger partial charge in [0.2, 0.25) is 0 Å². The maximum Gasteiger partial charge on any atom is 0.304 e. The van der Waals surface area contributed by atoms with Gasteiger partial charge in [0, 0.05) is 31.7 Å². The average Bonchev–Trinajstić information content (AvgIpc) is 3.07. The van der Waals surface area contributed by atoms with Gasteiger partial charge in [-0.1, -0.05) is 11.3 Å². The van der Waals surface area contributed by atoms with Crippen molar-refractivity contribution >= 4 is 32.0 Å². The summed E-state index contributed by atoms with van der Waals surface area (Å²) in [5.41, 5.74) is -0.236. The Hall–Kier alpha value is -1.23. The molecule has 0 aliphatic carbocycles. The molecule has 2 N–H and O–H groups in total. The first kappa shape index (κ1) is 16.1. The van der Waals surface area contributed by atoms with Crippen molar-refractivity contribution in [1.29, 1.82) is 0 Å². The van der Waals surface area contributed by atoms with Gasteiger partial charge in [0.15, 0.2) is 5.00 Å². The van der Waals surface area contributed by atoms with Gasteiger partial charge < -0.3 is 10.1 Å². The van der Waals surface area contributed by atoms with Gasteiger partial charge in [0.1, 0.15) is 4.21 Å². The van der Waals surface area contributed by atoms with Gasteiger partial charge in [0.05, 0.1) is 11.5 Å². The fraction of sp³-hybridized carbons (Fsp3) is 0.636. The van der Waals surface area contributed by atoms with Crippen molar-refractivity contribution in [3.05, 3.63) is 16.2 Å². The summed E-state index contributed by atoms with van der Waals surface area (Å²) in [4.78, 5) is 10.3. The zero-order valence-corrected chi connectivity index (χ0v) is 13.3. The number of ether oxygens (including phenoxy) is 1. The Morgan fingerprint density at radius 1 is 1.57 bits per heavy atom. The predicted molar refractivity (Wildman–Crippen MR) is 79.2 cm³/mol. The summed E-state index contributed by atoms with van der Waals surface area (Å²) >= 11 is 0.845. The van der Waals surface area contributed by atoms with E-state index < -0.39 is 14.9 Å². The van der Waals surface area contributed by atoms with E-state index in [0.717, 1.165) is 23.8 Å². The quantitative estimate of drug-likeness (QED) is 0.600. The van der Waals surface area contributed by atoms with Gasteiger partial charge in [-0.3, -0.25) is 10.1 Å². The fourth-order valence-corrected chi connectivity index (χ4v) is 4.76. The van der Waals surface area contributed by atoms with Gasteiger partial charge in [0.25, 0.3) is 10.0 Å². The normalized spacial score (nSPS) is 20.4. The number of anilines is 1. The fourth-order valence-electron chi connectivity index (χ4n) is 2.15. The molecule has 1 aliphatic rings. The highest BCUT2D eigenvalue weighted by molar-refractivity contribution is 7.91. The zero-order valence-electron chi connectivity index (χ0n) is 11.7. The molecule has 1 aromatic heterocycles. The Labute approximate surface area is 126 Å². The van der Waals surface area contributed by atoms with Gasteiger partial charge in [-0.2, -0.15) is 0 Å². The van der Waals surface area contributed by atoms with Crippen molar-refractivity contribution in [2.75, 3.05) is 25.6 Å². The van der Waals surface area contributed by atoms with E-state index in [4.69, 9.17) is 4.74 Å². The smallest absolute Gasteiger partial charge is 0.304 e. The summed E-state index contributed by atoms with van der Waals surface area (Å²) in [5, 5.41) is 13.8. The minimum absolute atomic E-state index is 0.0654. The van der Waals surface area contributed by atoms with Crippen molar-refractivity contribution in [2.45, 2.75) is 23.6 Å². The summed E-state index contributed by atoms with van der Waals surface area (Å²) in [7, 11) is -2.26. The van der Waals surface area contributed by atoms with Crippen molar-refractivity contribution in [2.24, 2.45) is 5.92 Å². The number of rotatable bonds is 6. The third-order valence-electron chi connectivity index (χ3n) is 3.39. The second-order valence-electron chi connectivity index (χ2n) is 4.82. The van der Waals surface area contributed by atoms with E-state index in [1.54, 1.807) is 6.92 Å². The Morgan fingerprint density at radius 3 is 2.76 bits per heavy atom. The molecule has 0 bridgehead atoms. The number of sulfonamides is 1. The molecule has 0 radical (unpaired) electrons. The Bertz CT molecular complexity index is 622. The molecular weight excluding hydrogens is 318 g/mol. The SMILES string of the molecule is CNc1sc(S(=O)(=O)NC(C)C2CCOC2)cc1[N+](=O)[O-]. The van der Waals surface area contributed by atoms with Crippen LogP contribution in [0.4, 0.5) is 10.7 Å². The van der Waals surface area contributed by atoms with Crippen LogP contribution in [0.5, 0.6) is 0 Å². The molecular formula is C11H17N3O5S2. The van der Waals surface area contributed by atoms with Crippen LogP contribution in [0, 0.1) is 16.0 Å². The number of hydrogen-bond donors (Lipinski definition) is 2. The first-order valence-corrected chi connectivity index (χ1v) is 8.71. The molecule has 0 saturated carbocycles. The average molecular weight is 335 g/mol. The van der Waals surface area contributed by atoms with Crippen LogP contribution >= 0.6 is 11.3 Å². The first-order valence-electron chi connectivity index (χ1n) is 6.41. The molecule has 1 fully saturated rings. The number of nitrogens with one attached hydrogen (secondary N) is 2. The number of thiophene rings is 1. The molecule has 1 aliphatic heterocycles. The first-order chi connectivity index (χ1) is 9.85. The minimum Gasteiger partial charge on any atom is -0.381 e. The third kappa shape index (κ3) is 3.51. The van der Waals surface area contributed by atoms with Crippen LogP contribution in [-0.2, 0) is 14.8 Å². The summed E-state index contributed by atoms with van der Waals surface area (Å²) in [6.45, 7) is 2.93. The molecule has 8 nitrogen and oxygen atoms in total. The van der Waals surface area contributed by atoms with Crippen LogP contribution in [0.2, 0.25) is 0 Å². The van der Waals surface area contributed by atoms with Crippen molar-refractivity contribution in [3.63, 3.8) is 0 Å². The predicted octanol–water partition coefficient (Wildman–Crippen LogP) is 1.40. The van der Waals surface area contributed by atoms with Crippen LogP contribution in [0.25, 0.3) is 0 Å². The van der Waals surface area contributed by atoms with Crippen molar-refractivity contribution < 1.29 is 18.1 Å². The standard InChI is InChI=1S/C11H17N3O5S2/c1-7(8-3-4-19-6-8)13-21(17,18)10-5-9(14(15)16)11(12-2)20-10/h5,7-8,12-13H,3-4,6H2,1-2H3. The van der Waals surface area contributed by atoms with E-state index in [1.807, 2.05) is 0 Å². The summed E-state index contributed by atoms with van der Waals surface area (Å²) < 4.78 is 32.4. The van der Waals surface area contributed by atoms with Gasteiger partial charge >= 0.3 is 5.69 Å². The van der Waals surface area contributed by atoms with Crippen LogP contribution < -0.4 is 10.0 Å². The molecule has 2 heterocycles. The summed E-state index contributed by atoms with van der Waals surface area (Å²) in [6, 6.07) is 0.799. The highest BCUT2D eigenvalue weighted by Gasteiger charge is 2.30. The monoisotopic (exact) mass is 335 g/mol. The van der Waals surface area contributed by atoms with Gasteiger partial charge in [-0.15, -0.1) is 0 Å². The molecule has 10 heteroatoms. The summed E-state index contributed by atoms with van der Waals surface area (Å²) in [6.07, 6.45) is 0.802. The molecule has 0 spiro atoms. The molecule has 2 rings (SSSR count). The molecule has 1 saturated heterocycles. The number of hydrogen-bond acceptors (Lipinski definition) is 7. The molecule has 2 unspecified atom stereocenters. The summed E-state index contributed by atoms with van der Waals surface area (Å²) in [5.74, 6) is 0.124. The lowest BCUT2D eigenvalue weighted by molar-refractivity contribution is -0.383. The zero-order chi connectivity index (χ0) is 15.6. The Kier molecular flexibility index (Phi) is 4.81.